The van der Waals surface area contributed by atoms with E-state index in [1.54, 1.807) is 19.4 Å². The second-order valence-corrected chi connectivity index (χ2v) is 10.2. The minimum Gasteiger partial charge on any atom is -0.507 e. The van der Waals surface area contributed by atoms with Crippen LogP contribution in [0.4, 0.5) is 4.39 Å². The molecule has 0 saturated carbocycles. The fraction of sp³-hybridized carbons (Fsp3) is 0.333. The topological polar surface area (TPSA) is 111 Å². The number of methoxy groups -OCH3 is 1. The molecule has 9 nitrogen and oxygen atoms in total. The Morgan fingerprint density at radius 3 is 2.58 bits per heavy atom. The van der Waals surface area contributed by atoms with E-state index in [1.807, 2.05) is 20.8 Å². The minimum absolute atomic E-state index is 0.00134. The predicted molar refractivity (Wildman–Crippen MR) is 143 cm³/mol. The van der Waals surface area contributed by atoms with Gasteiger partial charge in [-0.25, -0.2) is 9.37 Å². The van der Waals surface area contributed by atoms with Gasteiger partial charge in [0, 0.05) is 26.4 Å². The molecule has 0 amide bonds. The summed E-state index contributed by atoms with van der Waals surface area (Å²) < 4.78 is 23.1. The molecular formula is C27H27ClFN5O4. The average molecular weight is 540 g/mol. The lowest BCUT2D eigenvalue weighted by atomic mass is 9.96. The predicted octanol–water partition coefficient (Wildman–Crippen LogP) is 3.53. The van der Waals surface area contributed by atoms with E-state index in [0.717, 1.165) is 0 Å². The number of pyridine rings is 2. The number of hydrogen-bond acceptors (Lipinski definition) is 7. The lowest BCUT2D eigenvalue weighted by molar-refractivity contribution is -0.0631. The minimum atomic E-state index is -0.840. The number of nitrogens with one attached hydrogen (secondary N) is 1. The fourth-order valence-electron chi connectivity index (χ4n) is 4.83. The highest BCUT2D eigenvalue weighted by atomic mass is 35.5. The lowest BCUT2D eigenvalue weighted by Gasteiger charge is -2.41. The van der Waals surface area contributed by atoms with E-state index in [1.165, 1.54) is 33.4 Å². The molecule has 4 aromatic rings. The molecule has 11 heteroatoms. The maximum Gasteiger partial charge on any atom is 0.322 e. The van der Waals surface area contributed by atoms with Gasteiger partial charge in [-0.3, -0.25) is 23.7 Å². The van der Waals surface area contributed by atoms with Crippen molar-refractivity contribution in [2.45, 2.75) is 38.8 Å². The Balaban J connectivity index is 1.94. The fourth-order valence-corrected chi connectivity index (χ4v) is 5.07. The van der Waals surface area contributed by atoms with Crippen LogP contribution in [0.5, 0.6) is 5.75 Å². The third-order valence-corrected chi connectivity index (χ3v) is 7.29. The van der Waals surface area contributed by atoms with Crippen LogP contribution in [-0.2, 0) is 11.3 Å². The summed E-state index contributed by atoms with van der Waals surface area (Å²) in [7, 11) is 1.55. The summed E-state index contributed by atoms with van der Waals surface area (Å²) in [5, 5.41) is 13.6. The number of phenols is 1. The van der Waals surface area contributed by atoms with Crippen LogP contribution in [0.1, 0.15) is 31.0 Å². The van der Waals surface area contributed by atoms with Crippen molar-refractivity contribution in [3.05, 3.63) is 79.3 Å². The first kappa shape index (κ1) is 26.0. The molecule has 1 saturated heterocycles. The van der Waals surface area contributed by atoms with Crippen molar-refractivity contribution in [1.82, 2.24) is 24.4 Å². The van der Waals surface area contributed by atoms with E-state index >= 15 is 0 Å². The normalized spacial score (nSPS) is 14.7. The number of benzene rings is 1. The first-order valence-corrected chi connectivity index (χ1v) is 12.5. The Bertz CT molecular complexity index is 1670. The molecule has 0 aliphatic carbocycles. The SMILES string of the molecule is COC1(Cn2c(=O)c(=O)n(-c3c(C)ccnc3C(C)C)c3nc(-c4c(O)cccc4F)c(Cl)cc32)CNC1. The molecule has 198 valence electrons. The van der Waals surface area contributed by atoms with Crippen molar-refractivity contribution in [3.8, 4) is 22.7 Å². The third-order valence-electron chi connectivity index (χ3n) is 7.00. The van der Waals surface area contributed by atoms with Crippen molar-refractivity contribution >= 4 is 22.8 Å². The van der Waals surface area contributed by atoms with E-state index in [4.69, 9.17) is 16.3 Å². The highest BCUT2D eigenvalue weighted by Gasteiger charge is 2.39. The van der Waals surface area contributed by atoms with E-state index in [0.29, 0.717) is 30.0 Å². The molecule has 3 aromatic heterocycles. The van der Waals surface area contributed by atoms with Crippen molar-refractivity contribution in [2.75, 3.05) is 20.2 Å². The number of halogens is 2. The average Bonchev–Trinajstić information content (AvgIpc) is 2.85. The number of nitrogens with zero attached hydrogens (tertiary/aromatic N) is 4. The number of rotatable bonds is 6. The van der Waals surface area contributed by atoms with Crippen molar-refractivity contribution in [2.24, 2.45) is 0 Å². The van der Waals surface area contributed by atoms with E-state index < -0.39 is 22.5 Å². The van der Waals surface area contributed by atoms with Crippen molar-refractivity contribution in [3.63, 3.8) is 0 Å². The molecule has 0 bridgehead atoms. The van der Waals surface area contributed by atoms with Crippen LogP contribution in [0.2, 0.25) is 5.02 Å². The smallest absolute Gasteiger partial charge is 0.322 e. The van der Waals surface area contributed by atoms with Gasteiger partial charge in [0.05, 0.1) is 39.7 Å². The Hall–Kier alpha value is -3.60. The van der Waals surface area contributed by atoms with Gasteiger partial charge in [0.1, 0.15) is 17.2 Å². The van der Waals surface area contributed by atoms with Crippen LogP contribution in [0.25, 0.3) is 28.1 Å². The Morgan fingerprint density at radius 2 is 1.97 bits per heavy atom. The van der Waals surface area contributed by atoms with Crippen LogP contribution in [0, 0.1) is 12.7 Å². The summed E-state index contributed by atoms with van der Waals surface area (Å²) in [4.78, 5) is 36.6. The molecule has 0 atom stereocenters. The molecule has 0 radical (unpaired) electrons. The van der Waals surface area contributed by atoms with Gasteiger partial charge in [0.2, 0.25) is 0 Å². The summed E-state index contributed by atoms with van der Waals surface area (Å²) in [5.74, 6) is -1.19. The van der Waals surface area contributed by atoms with Crippen LogP contribution in [0.15, 0.2) is 46.1 Å². The number of ether oxygens (including phenoxy) is 1. The number of fused-ring (bicyclic) bond motifs is 1. The maximum absolute atomic E-state index is 14.9. The van der Waals surface area contributed by atoms with E-state index in [2.05, 4.69) is 15.3 Å². The van der Waals surface area contributed by atoms with Gasteiger partial charge in [0.25, 0.3) is 0 Å². The number of aryl methyl sites for hydroxylation is 1. The van der Waals surface area contributed by atoms with Gasteiger partial charge in [-0.2, -0.15) is 0 Å². The maximum atomic E-state index is 14.9. The quantitative estimate of drug-likeness (QED) is 0.361. The van der Waals surface area contributed by atoms with Crippen LogP contribution < -0.4 is 16.4 Å². The summed E-state index contributed by atoms with van der Waals surface area (Å²) in [6.45, 7) is 6.72. The Morgan fingerprint density at radius 1 is 1.24 bits per heavy atom. The van der Waals surface area contributed by atoms with Gasteiger partial charge in [-0.1, -0.05) is 31.5 Å². The Kier molecular flexibility index (Phi) is 6.58. The summed E-state index contributed by atoms with van der Waals surface area (Å²) in [5.41, 5.74) is -0.530. The largest absolute Gasteiger partial charge is 0.507 e. The van der Waals surface area contributed by atoms with Crippen LogP contribution in [-0.4, -0.2) is 50.0 Å². The van der Waals surface area contributed by atoms with Crippen LogP contribution in [0.3, 0.4) is 0 Å². The zero-order chi connectivity index (χ0) is 27.4. The van der Waals surface area contributed by atoms with Crippen molar-refractivity contribution < 1.29 is 14.2 Å². The Labute approximate surface area is 222 Å². The van der Waals surface area contributed by atoms with Gasteiger partial charge in [0.15, 0.2) is 5.65 Å². The van der Waals surface area contributed by atoms with Crippen LogP contribution >= 0.6 is 11.6 Å². The number of phenolic OH excluding ortho intramolecular Hbond substituents is 1. The highest BCUT2D eigenvalue weighted by Crippen LogP contribution is 2.37. The van der Waals surface area contributed by atoms with Crippen molar-refractivity contribution in [1.29, 1.82) is 0 Å². The number of hydrogen-bond donors (Lipinski definition) is 2. The molecular weight excluding hydrogens is 513 g/mol. The second kappa shape index (κ2) is 9.61. The zero-order valence-corrected chi connectivity index (χ0v) is 22.1. The third kappa shape index (κ3) is 4.09. The van der Waals surface area contributed by atoms with Gasteiger partial charge in [-0.05, 0) is 42.7 Å². The molecule has 0 unspecified atom stereocenters. The van der Waals surface area contributed by atoms with Gasteiger partial charge in [-0.15, -0.1) is 0 Å². The molecule has 0 spiro atoms. The molecule has 1 aliphatic rings. The first-order chi connectivity index (χ1) is 18.1. The summed E-state index contributed by atoms with van der Waals surface area (Å²) >= 11 is 6.61. The molecule has 4 heterocycles. The second-order valence-electron chi connectivity index (χ2n) is 9.83. The summed E-state index contributed by atoms with van der Waals surface area (Å²) in [6, 6.07) is 7.08. The molecule has 1 aliphatic heterocycles. The molecule has 1 aromatic carbocycles. The van der Waals surface area contributed by atoms with E-state index in [9.17, 15) is 19.1 Å². The molecule has 2 N–H and O–H groups in total. The van der Waals surface area contributed by atoms with Gasteiger partial charge < -0.3 is 15.2 Å². The number of aromatic nitrogens is 4. The lowest BCUT2D eigenvalue weighted by Crippen LogP contribution is -2.64. The standard InChI is InChI=1S/C27H27ClFN5O4/c1-14(2)21-23(15(3)8-9-31-21)34-24-18(33(25(36)26(34)37)13-27(38-4)11-30-12-27)10-16(28)22(32-24)20-17(29)6-5-7-19(20)35/h5-10,14,30,35H,11-13H2,1-4H3. The molecule has 1 fully saturated rings. The monoisotopic (exact) mass is 539 g/mol. The zero-order valence-electron chi connectivity index (χ0n) is 21.4. The van der Waals surface area contributed by atoms with E-state index in [-0.39, 0.29) is 45.7 Å². The number of aromatic hydroxyl groups is 1. The first-order valence-electron chi connectivity index (χ1n) is 12.1. The highest BCUT2D eigenvalue weighted by molar-refractivity contribution is 6.33. The van der Waals surface area contributed by atoms with Gasteiger partial charge >= 0.3 is 11.1 Å². The molecule has 5 rings (SSSR count). The molecule has 38 heavy (non-hydrogen) atoms. The summed E-state index contributed by atoms with van der Waals surface area (Å²) in [6.07, 6.45) is 1.64.